The van der Waals surface area contributed by atoms with Crippen LogP contribution in [0.2, 0.25) is 0 Å². The molecule has 3 aliphatic heterocycles. The number of nitrogens with one attached hydrogen (secondary N) is 3. The number of fused-ring (bicyclic) bond motifs is 4. The van der Waals surface area contributed by atoms with E-state index in [9.17, 15) is 18.0 Å². The first kappa shape index (κ1) is 25.6. The van der Waals surface area contributed by atoms with Gasteiger partial charge in [-0.2, -0.15) is 0 Å². The highest BCUT2D eigenvalue weighted by molar-refractivity contribution is 7.89. The topological polar surface area (TPSA) is 117 Å². The quantitative estimate of drug-likeness (QED) is 0.484. The lowest BCUT2D eigenvalue weighted by Crippen LogP contribution is -2.59. The standard InChI is InChI=1S/C27H32N4O5S/c32-25-21-9-6-10-23(15-21)37(34,35)30-12-5-4-11-27(19-28-13-14-36-27)26(33)29-16-22-17-31(25)18-24(22)20-7-2-1-3-8-20/h1-10,15,22,24,28,30H,11-14,16-19H2,(H,29,33)/b5-4+/t22-,24+,27?/m1/s1. The number of morpholine rings is 1. The zero-order chi connectivity index (χ0) is 25.9. The molecule has 2 aromatic carbocycles. The molecule has 0 saturated carbocycles. The molecule has 2 aromatic rings. The monoisotopic (exact) mass is 524 g/mol. The highest BCUT2D eigenvalue weighted by atomic mass is 32.2. The highest BCUT2D eigenvalue weighted by Gasteiger charge is 2.42. The molecular formula is C27H32N4O5S. The summed E-state index contributed by atoms with van der Waals surface area (Å²) in [6.45, 7) is 2.79. The number of ether oxygens (including phenoxy) is 1. The first-order valence-corrected chi connectivity index (χ1v) is 14.1. The largest absolute Gasteiger partial charge is 0.362 e. The van der Waals surface area contributed by atoms with Crippen LogP contribution >= 0.6 is 0 Å². The molecule has 3 atom stereocenters. The van der Waals surface area contributed by atoms with Gasteiger partial charge in [-0.25, -0.2) is 13.1 Å². The van der Waals surface area contributed by atoms with E-state index in [0.717, 1.165) is 5.56 Å². The van der Waals surface area contributed by atoms with Crippen molar-refractivity contribution in [1.29, 1.82) is 0 Å². The number of amides is 2. The maximum absolute atomic E-state index is 13.5. The van der Waals surface area contributed by atoms with Crippen molar-refractivity contribution in [3.8, 4) is 0 Å². The van der Waals surface area contributed by atoms with E-state index in [0.29, 0.717) is 51.3 Å². The van der Waals surface area contributed by atoms with E-state index < -0.39 is 15.6 Å². The second-order valence-electron chi connectivity index (χ2n) is 9.77. The van der Waals surface area contributed by atoms with Crippen molar-refractivity contribution in [3.63, 3.8) is 0 Å². The molecule has 9 nitrogen and oxygen atoms in total. The second-order valence-corrected chi connectivity index (χ2v) is 11.5. The van der Waals surface area contributed by atoms with Gasteiger partial charge >= 0.3 is 0 Å². The summed E-state index contributed by atoms with van der Waals surface area (Å²) in [5.41, 5.74) is 0.338. The van der Waals surface area contributed by atoms with Crippen molar-refractivity contribution in [2.45, 2.75) is 22.8 Å². The minimum atomic E-state index is -3.82. The van der Waals surface area contributed by atoms with Gasteiger partial charge in [-0.15, -0.1) is 0 Å². The normalized spacial score (nSPS) is 29.5. The fourth-order valence-corrected chi connectivity index (χ4v) is 6.34. The lowest BCUT2D eigenvalue weighted by Gasteiger charge is -2.36. The van der Waals surface area contributed by atoms with Crippen LogP contribution in [0.15, 0.2) is 71.6 Å². The van der Waals surface area contributed by atoms with Gasteiger partial charge in [-0.3, -0.25) is 9.59 Å². The zero-order valence-corrected chi connectivity index (χ0v) is 21.4. The van der Waals surface area contributed by atoms with Gasteiger partial charge in [0.25, 0.3) is 11.8 Å². The van der Waals surface area contributed by atoms with Gasteiger partial charge in [0.1, 0.15) is 0 Å². The molecular weight excluding hydrogens is 492 g/mol. The predicted octanol–water partition coefficient (Wildman–Crippen LogP) is 1.26. The van der Waals surface area contributed by atoms with E-state index >= 15 is 0 Å². The molecule has 196 valence electrons. The molecule has 1 unspecified atom stereocenters. The smallest absolute Gasteiger partial charge is 0.253 e. The summed E-state index contributed by atoms with van der Waals surface area (Å²) < 4.78 is 34.3. The molecule has 0 aliphatic carbocycles. The molecule has 5 rings (SSSR count). The molecule has 10 heteroatoms. The summed E-state index contributed by atoms with van der Waals surface area (Å²) in [5.74, 6) is -0.423. The molecule has 37 heavy (non-hydrogen) atoms. The molecule has 1 spiro atoms. The third-order valence-corrected chi connectivity index (χ3v) is 8.78. The lowest BCUT2D eigenvalue weighted by molar-refractivity contribution is -0.150. The van der Waals surface area contributed by atoms with E-state index in [1.54, 1.807) is 29.2 Å². The average Bonchev–Trinajstić information content (AvgIpc) is 3.36. The Kier molecular flexibility index (Phi) is 7.43. The minimum Gasteiger partial charge on any atom is -0.362 e. The number of rotatable bonds is 1. The molecule has 3 N–H and O–H groups in total. The second kappa shape index (κ2) is 10.7. The molecule has 3 heterocycles. The Morgan fingerprint density at radius 3 is 2.62 bits per heavy atom. The molecule has 3 aliphatic rings. The maximum Gasteiger partial charge on any atom is 0.253 e. The summed E-state index contributed by atoms with van der Waals surface area (Å²) >= 11 is 0. The highest BCUT2D eigenvalue weighted by Crippen LogP contribution is 2.33. The number of sulfonamides is 1. The molecule has 0 radical (unpaired) electrons. The zero-order valence-electron chi connectivity index (χ0n) is 20.6. The van der Waals surface area contributed by atoms with E-state index in [1.807, 2.05) is 30.3 Å². The number of nitrogens with zero attached hydrogens (tertiary/aromatic N) is 1. The fourth-order valence-electron chi connectivity index (χ4n) is 5.31. The van der Waals surface area contributed by atoms with E-state index in [4.69, 9.17) is 4.74 Å². The SMILES string of the molecule is O=C1c2cccc(c2)S(=O)(=O)NC/C=C/CC2(CNCCO2)C(=O)NC[C@@H]2CN1C[C@H]2c1ccccc1. The van der Waals surface area contributed by atoms with Crippen molar-refractivity contribution in [2.75, 3.05) is 45.9 Å². The molecule has 2 amide bonds. The van der Waals surface area contributed by atoms with Crippen LogP contribution < -0.4 is 15.4 Å². The van der Waals surface area contributed by atoms with Crippen molar-refractivity contribution in [1.82, 2.24) is 20.3 Å². The number of carbonyl (C=O) groups excluding carboxylic acids is 2. The first-order valence-electron chi connectivity index (χ1n) is 12.6. The third-order valence-electron chi connectivity index (χ3n) is 7.36. The van der Waals surface area contributed by atoms with Crippen molar-refractivity contribution >= 4 is 21.8 Å². The summed E-state index contributed by atoms with van der Waals surface area (Å²) in [6, 6.07) is 16.1. The molecule has 0 aromatic heterocycles. The van der Waals surface area contributed by atoms with E-state index in [1.165, 1.54) is 12.1 Å². The van der Waals surface area contributed by atoms with Crippen LogP contribution in [0.3, 0.4) is 0 Å². The minimum absolute atomic E-state index is 0.0105. The predicted molar refractivity (Wildman–Crippen MR) is 139 cm³/mol. The Labute approximate surface area is 217 Å². The Bertz CT molecular complexity index is 1270. The molecule has 2 saturated heterocycles. The van der Waals surface area contributed by atoms with Crippen LogP contribution in [0.4, 0.5) is 0 Å². The summed E-state index contributed by atoms with van der Waals surface area (Å²) in [5, 5.41) is 6.35. The number of hydrogen-bond acceptors (Lipinski definition) is 6. The Balaban J connectivity index is 1.49. The van der Waals surface area contributed by atoms with Gasteiger partial charge < -0.3 is 20.3 Å². The van der Waals surface area contributed by atoms with Crippen LogP contribution in [-0.4, -0.2) is 76.6 Å². The lowest BCUT2D eigenvalue weighted by atomic mass is 9.88. The van der Waals surface area contributed by atoms with Gasteiger partial charge in [0.15, 0.2) is 5.60 Å². The van der Waals surface area contributed by atoms with Gasteiger partial charge in [-0.05, 0) is 23.8 Å². The number of benzene rings is 2. The third kappa shape index (κ3) is 5.47. The first-order chi connectivity index (χ1) is 17.9. The van der Waals surface area contributed by atoms with Crippen LogP contribution in [-0.2, 0) is 19.6 Å². The van der Waals surface area contributed by atoms with Crippen LogP contribution in [0, 0.1) is 5.92 Å². The van der Waals surface area contributed by atoms with Crippen molar-refractivity contribution in [3.05, 3.63) is 77.9 Å². The van der Waals surface area contributed by atoms with Crippen molar-refractivity contribution < 1.29 is 22.7 Å². The summed E-state index contributed by atoms with van der Waals surface area (Å²) in [6.07, 6.45) is 3.76. The number of carbonyl (C=O) groups is 2. The fraction of sp³-hybridized carbons (Fsp3) is 0.407. The maximum atomic E-state index is 13.5. The Hall–Kier alpha value is -3.05. The van der Waals surface area contributed by atoms with Crippen LogP contribution in [0.25, 0.3) is 0 Å². The molecule has 2 fully saturated rings. The Morgan fingerprint density at radius 2 is 1.84 bits per heavy atom. The van der Waals surface area contributed by atoms with Gasteiger partial charge in [0.2, 0.25) is 10.0 Å². The van der Waals surface area contributed by atoms with Gasteiger partial charge in [-0.1, -0.05) is 48.6 Å². The summed E-state index contributed by atoms with van der Waals surface area (Å²) in [7, 11) is -3.82. The molecule has 4 bridgehead atoms. The van der Waals surface area contributed by atoms with Gasteiger partial charge in [0, 0.05) is 63.1 Å². The van der Waals surface area contributed by atoms with E-state index in [-0.39, 0.29) is 35.1 Å². The number of hydrogen-bond donors (Lipinski definition) is 3. The van der Waals surface area contributed by atoms with E-state index in [2.05, 4.69) is 15.4 Å². The Morgan fingerprint density at radius 1 is 1.00 bits per heavy atom. The average molecular weight is 525 g/mol. The van der Waals surface area contributed by atoms with Gasteiger partial charge in [0.05, 0.1) is 11.5 Å². The summed E-state index contributed by atoms with van der Waals surface area (Å²) in [4.78, 5) is 28.7. The van der Waals surface area contributed by atoms with Crippen molar-refractivity contribution in [2.24, 2.45) is 5.92 Å². The van der Waals surface area contributed by atoms with Crippen LogP contribution in [0.1, 0.15) is 28.3 Å². The van der Waals surface area contributed by atoms with Crippen LogP contribution in [0.5, 0.6) is 0 Å².